The highest BCUT2D eigenvalue weighted by Crippen LogP contribution is 2.35. The summed E-state index contributed by atoms with van der Waals surface area (Å²) in [5.74, 6) is -1.67. The number of nitrogens with zero attached hydrogens (tertiary/aromatic N) is 1. The van der Waals surface area contributed by atoms with E-state index in [1.807, 2.05) is 5.32 Å². The molecule has 0 spiro atoms. The Hall–Kier alpha value is -2.30. The number of benzene rings is 2. The summed E-state index contributed by atoms with van der Waals surface area (Å²) >= 11 is 7.13. The van der Waals surface area contributed by atoms with Crippen LogP contribution in [0.25, 0.3) is 0 Å². The molecule has 11 heteroatoms. The van der Waals surface area contributed by atoms with E-state index in [0.717, 1.165) is 11.8 Å². The molecule has 2 N–H and O–H groups in total. The lowest BCUT2D eigenvalue weighted by atomic mass is 10.1. The van der Waals surface area contributed by atoms with Crippen molar-refractivity contribution in [3.05, 3.63) is 57.6 Å². The second-order valence-corrected chi connectivity index (χ2v) is 7.08. The van der Waals surface area contributed by atoms with Crippen LogP contribution in [0.5, 0.6) is 0 Å². The number of carbonyl (C=O) groups is 1. The molecule has 1 amide bonds. The number of rotatable bonds is 5. The summed E-state index contributed by atoms with van der Waals surface area (Å²) in [6.07, 6.45) is -5.15. The zero-order chi connectivity index (χ0) is 20.4. The van der Waals surface area contributed by atoms with Gasteiger partial charge < -0.3 is 10.4 Å². The van der Waals surface area contributed by atoms with Crippen LogP contribution in [0.15, 0.2) is 52.3 Å². The molecule has 0 bridgehead atoms. The molecule has 1 atom stereocenters. The highest BCUT2D eigenvalue weighted by molar-refractivity contribution is 7.99. The van der Waals surface area contributed by atoms with Crippen molar-refractivity contribution >= 4 is 40.6 Å². The molecule has 0 saturated heterocycles. The Morgan fingerprint density at radius 2 is 1.85 bits per heavy atom. The van der Waals surface area contributed by atoms with Crippen LogP contribution < -0.4 is 5.32 Å². The molecule has 27 heavy (non-hydrogen) atoms. The maximum absolute atomic E-state index is 12.7. The van der Waals surface area contributed by atoms with E-state index in [0.29, 0.717) is 16.7 Å². The number of nitro benzene ring substituents is 1. The number of anilines is 1. The van der Waals surface area contributed by atoms with Crippen LogP contribution in [-0.2, 0) is 4.79 Å². The molecule has 2 aromatic carbocycles. The van der Waals surface area contributed by atoms with Gasteiger partial charge in [0, 0.05) is 21.9 Å². The number of hydrogen-bond acceptors (Lipinski definition) is 5. The molecule has 0 aliphatic carbocycles. The molecule has 2 aromatic rings. The van der Waals surface area contributed by atoms with Gasteiger partial charge in [-0.1, -0.05) is 29.4 Å². The fourth-order valence-electron chi connectivity index (χ4n) is 1.83. The minimum absolute atomic E-state index is 0.0586. The van der Waals surface area contributed by atoms with E-state index >= 15 is 0 Å². The number of amides is 1. The number of halogens is 4. The van der Waals surface area contributed by atoms with Crippen molar-refractivity contribution in [1.82, 2.24) is 0 Å². The first-order chi connectivity index (χ1) is 12.4. The average molecular weight is 421 g/mol. The van der Waals surface area contributed by atoms with Gasteiger partial charge in [-0.2, -0.15) is 13.2 Å². The maximum atomic E-state index is 12.7. The highest BCUT2D eigenvalue weighted by atomic mass is 35.5. The van der Waals surface area contributed by atoms with Gasteiger partial charge in [0.2, 0.25) is 5.60 Å². The van der Waals surface area contributed by atoms with E-state index in [1.54, 1.807) is 6.07 Å². The average Bonchev–Trinajstić information content (AvgIpc) is 2.56. The van der Waals surface area contributed by atoms with Gasteiger partial charge in [-0.3, -0.25) is 14.9 Å². The van der Waals surface area contributed by atoms with Crippen LogP contribution in [0.2, 0.25) is 5.02 Å². The molecular formula is C16H12ClF3N2O4S. The Labute approximate surface area is 160 Å². The zero-order valence-electron chi connectivity index (χ0n) is 13.6. The molecule has 0 aromatic heterocycles. The smallest absolute Gasteiger partial charge is 0.373 e. The van der Waals surface area contributed by atoms with Crippen molar-refractivity contribution in [3.63, 3.8) is 0 Å². The number of nitrogens with one attached hydrogen (secondary N) is 1. The molecular weight excluding hydrogens is 409 g/mol. The van der Waals surface area contributed by atoms with Gasteiger partial charge in [-0.05, 0) is 31.2 Å². The number of nitro groups is 1. The molecule has 6 nitrogen and oxygen atoms in total. The van der Waals surface area contributed by atoms with Crippen molar-refractivity contribution in [2.45, 2.75) is 28.5 Å². The van der Waals surface area contributed by atoms with Crippen LogP contribution >= 0.6 is 23.4 Å². The molecule has 144 valence electrons. The van der Waals surface area contributed by atoms with Gasteiger partial charge in [-0.25, -0.2) is 0 Å². The van der Waals surface area contributed by atoms with Gasteiger partial charge in [0.25, 0.3) is 11.6 Å². The lowest BCUT2D eigenvalue weighted by Gasteiger charge is -2.25. The monoisotopic (exact) mass is 420 g/mol. The first-order valence-electron chi connectivity index (χ1n) is 7.24. The number of alkyl halides is 3. The van der Waals surface area contributed by atoms with Crippen LogP contribution in [0.3, 0.4) is 0 Å². The Morgan fingerprint density at radius 3 is 2.41 bits per heavy atom. The first kappa shape index (κ1) is 21.0. The summed E-state index contributed by atoms with van der Waals surface area (Å²) < 4.78 is 38.1. The van der Waals surface area contributed by atoms with Crippen molar-refractivity contribution in [3.8, 4) is 0 Å². The first-order valence-corrected chi connectivity index (χ1v) is 8.43. The summed E-state index contributed by atoms with van der Waals surface area (Å²) in [4.78, 5) is 23.1. The molecule has 2 rings (SSSR count). The van der Waals surface area contributed by atoms with Crippen LogP contribution in [0.4, 0.5) is 24.5 Å². The van der Waals surface area contributed by atoms with Gasteiger partial charge >= 0.3 is 6.18 Å². The fraction of sp³-hybridized carbons (Fsp3) is 0.188. The van der Waals surface area contributed by atoms with Gasteiger partial charge in [-0.15, -0.1) is 0 Å². The fourth-order valence-corrected chi connectivity index (χ4v) is 3.03. The number of non-ortho nitro benzene ring substituents is 1. The second-order valence-electron chi connectivity index (χ2n) is 5.52. The molecule has 0 fully saturated rings. The molecule has 0 aliphatic heterocycles. The number of carbonyl (C=O) groups excluding carboxylic acids is 1. The predicted molar refractivity (Wildman–Crippen MR) is 94.0 cm³/mol. The lowest BCUT2D eigenvalue weighted by Crippen LogP contribution is -2.52. The Kier molecular flexibility index (Phi) is 6.03. The van der Waals surface area contributed by atoms with Crippen LogP contribution in [0, 0.1) is 10.1 Å². The van der Waals surface area contributed by atoms with Gasteiger partial charge in [0.15, 0.2) is 0 Å². The van der Waals surface area contributed by atoms with E-state index in [-0.39, 0.29) is 16.4 Å². The number of hydrogen-bond donors (Lipinski definition) is 2. The van der Waals surface area contributed by atoms with Crippen molar-refractivity contribution in [2.24, 2.45) is 0 Å². The van der Waals surface area contributed by atoms with Crippen molar-refractivity contribution < 1.29 is 28.0 Å². The summed E-state index contributed by atoms with van der Waals surface area (Å²) in [6, 6.07) is 9.96. The van der Waals surface area contributed by atoms with Crippen molar-refractivity contribution in [2.75, 3.05) is 5.32 Å². The molecule has 0 heterocycles. The Morgan fingerprint density at radius 1 is 1.22 bits per heavy atom. The third kappa shape index (κ3) is 4.90. The second kappa shape index (κ2) is 7.75. The van der Waals surface area contributed by atoms with E-state index in [2.05, 4.69) is 0 Å². The largest absolute Gasteiger partial charge is 0.426 e. The Bertz CT molecular complexity index is 890. The molecule has 0 radical (unpaired) electrons. The zero-order valence-corrected chi connectivity index (χ0v) is 15.2. The summed E-state index contributed by atoms with van der Waals surface area (Å²) in [5.41, 5.74) is -3.79. The summed E-state index contributed by atoms with van der Waals surface area (Å²) in [7, 11) is 0. The minimum atomic E-state index is -5.15. The minimum Gasteiger partial charge on any atom is -0.373 e. The third-order valence-corrected chi connectivity index (χ3v) is 4.74. The normalized spacial score (nSPS) is 13.7. The molecule has 0 aliphatic rings. The Balaban J connectivity index is 2.17. The van der Waals surface area contributed by atoms with E-state index in [4.69, 9.17) is 11.6 Å². The van der Waals surface area contributed by atoms with Crippen molar-refractivity contribution in [1.29, 1.82) is 0 Å². The maximum Gasteiger partial charge on any atom is 0.426 e. The van der Waals surface area contributed by atoms with Crippen LogP contribution in [-0.4, -0.2) is 27.7 Å². The standard InChI is InChI=1S/C16H12ClF3N2O4S/c1-15(24,16(18,19)20)14(23)21-13-6-5-11(8-12(13)17)27-10-4-2-3-9(7-10)22(25)26/h2-8,24H,1H3,(H,21,23). The van der Waals surface area contributed by atoms with E-state index in [9.17, 15) is 33.2 Å². The van der Waals surface area contributed by atoms with Gasteiger partial charge in [0.1, 0.15) is 0 Å². The highest BCUT2D eigenvalue weighted by Gasteiger charge is 2.55. The van der Waals surface area contributed by atoms with E-state index < -0.39 is 22.6 Å². The summed E-state index contributed by atoms with van der Waals surface area (Å²) in [5, 5.41) is 22.0. The SMILES string of the molecule is CC(O)(C(=O)Nc1ccc(Sc2cccc([N+](=O)[O-])c2)cc1Cl)C(F)(F)F. The molecule has 1 unspecified atom stereocenters. The quantitative estimate of drug-likeness (QED) is 0.542. The molecule has 0 saturated carbocycles. The summed E-state index contributed by atoms with van der Waals surface area (Å²) in [6.45, 7) is 0.336. The van der Waals surface area contributed by atoms with Crippen LogP contribution in [0.1, 0.15) is 6.92 Å². The number of aliphatic hydroxyl groups is 1. The topological polar surface area (TPSA) is 92.5 Å². The van der Waals surface area contributed by atoms with Gasteiger partial charge in [0.05, 0.1) is 15.6 Å². The predicted octanol–water partition coefficient (Wildman–Crippen LogP) is 4.65. The lowest BCUT2D eigenvalue weighted by molar-refractivity contribution is -0.385. The third-order valence-electron chi connectivity index (χ3n) is 3.45. The van der Waals surface area contributed by atoms with E-state index in [1.165, 1.54) is 36.4 Å².